The molecule has 0 spiro atoms. The second kappa shape index (κ2) is 10.0. The van der Waals surface area contributed by atoms with E-state index >= 15 is 0 Å². The average molecular weight is 490 g/mol. The van der Waals surface area contributed by atoms with E-state index in [4.69, 9.17) is 4.74 Å². The lowest BCUT2D eigenvalue weighted by molar-refractivity contribution is -0.133. The van der Waals surface area contributed by atoms with Crippen molar-refractivity contribution in [3.63, 3.8) is 0 Å². The molecule has 2 atom stereocenters. The SMILES string of the molecule is CCOC1CC(NC(=NC)NCc2nnc3n2CCCC3)C1(CC)CC.I. The van der Waals surface area contributed by atoms with Gasteiger partial charge in [0.15, 0.2) is 11.8 Å². The van der Waals surface area contributed by atoms with Crippen molar-refractivity contribution < 1.29 is 4.74 Å². The largest absolute Gasteiger partial charge is 0.378 e. The Hall–Kier alpha value is -0.900. The highest BCUT2D eigenvalue weighted by atomic mass is 127. The maximum absolute atomic E-state index is 5.98. The van der Waals surface area contributed by atoms with Gasteiger partial charge in [0.05, 0.1) is 12.6 Å². The molecule has 3 rings (SSSR count). The predicted molar refractivity (Wildman–Crippen MR) is 119 cm³/mol. The molecule has 1 saturated carbocycles. The summed E-state index contributed by atoms with van der Waals surface area (Å²) in [5.74, 6) is 2.95. The molecule has 2 unspecified atom stereocenters. The van der Waals surface area contributed by atoms with Crippen molar-refractivity contribution in [2.45, 2.75) is 84.5 Å². The molecule has 1 aromatic heterocycles. The molecule has 0 radical (unpaired) electrons. The van der Waals surface area contributed by atoms with Crippen LogP contribution in [-0.2, 0) is 24.2 Å². The van der Waals surface area contributed by atoms with Crippen LogP contribution in [0.5, 0.6) is 0 Å². The highest BCUT2D eigenvalue weighted by Gasteiger charge is 2.53. The van der Waals surface area contributed by atoms with E-state index in [1.54, 1.807) is 0 Å². The lowest BCUT2D eigenvalue weighted by Gasteiger charge is -2.55. The minimum absolute atomic E-state index is 0. The van der Waals surface area contributed by atoms with Gasteiger partial charge in [-0.25, -0.2) is 0 Å². The molecule has 7 nitrogen and oxygen atoms in total. The molecule has 0 saturated heterocycles. The van der Waals surface area contributed by atoms with Crippen molar-refractivity contribution in [3.8, 4) is 0 Å². The molecule has 0 aromatic carbocycles. The fraction of sp³-hybridized carbons (Fsp3) is 0.842. The predicted octanol–water partition coefficient (Wildman–Crippen LogP) is 2.88. The van der Waals surface area contributed by atoms with E-state index in [9.17, 15) is 0 Å². The number of rotatable bonds is 7. The molecule has 0 amide bonds. The quantitative estimate of drug-likeness (QED) is 0.349. The van der Waals surface area contributed by atoms with Crippen LogP contribution in [0, 0.1) is 5.41 Å². The van der Waals surface area contributed by atoms with Crippen LogP contribution in [0.1, 0.15) is 64.5 Å². The number of halogens is 1. The maximum Gasteiger partial charge on any atom is 0.191 e. The first-order chi connectivity index (χ1) is 12.7. The second-order valence-electron chi connectivity index (χ2n) is 7.38. The molecule has 2 aliphatic rings. The van der Waals surface area contributed by atoms with E-state index in [1.807, 2.05) is 7.05 Å². The summed E-state index contributed by atoms with van der Waals surface area (Å²) in [5, 5.41) is 15.7. The van der Waals surface area contributed by atoms with Crippen LogP contribution in [0.25, 0.3) is 0 Å². The topological polar surface area (TPSA) is 76.4 Å². The van der Waals surface area contributed by atoms with Gasteiger partial charge in [-0.2, -0.15) is 0 Å². The summed E-state index contributed by atoms with van der Waals surface area (Å²) in [6.07, 6.45) is 7.07. The zero-order valence-electron chi connectivity index (χ0n) is 17.1. The molecule has 2 heterocycles. The van der Waals surface area contributed by atoms with E-state index in [1.165, 1.54) is 12.8 Å². The van der Waals surface area contributed by atoms with Crippen LogP contribution in [-0.4, -0.2) is 46.5 Å². The molecular formula is C19H35IN6O. The van der Waals surface area contributed by atoms with Gasteiger partial charge in [0.1, 0.15) is 5.82 Å². The fourth-order valence-electron chi connectivity index (χ4n) is 4.61. The molecule has 8 heteroatoms. The molecule has 1 fully saturated rings. The number of hydrogen-bond donors (Lipinski definition) is 2. The van der Waals surface area contributed by atoms with E-state index in [0.29, 0.717) is 18.7 Å². The second-order valence-corrected chi connectivity index (χ2v) is 7.38. The Morgan fingerprint density at radius 1 is 1.26 bits per heavy atom. The zero-order valence-corrected chi connectivity index (χ0v) is 19.5. The summed E-state index contributed by atoms with van der Waals surface area (Å²) < 4.78 is 8.23. The van der Waals surface area contributed by atoms with E-state index in [-0.39, 0.29) is 29.4 Å². The maximum atomic E-state index is 5.98. The number of aryl methyl sites for hydroxylation is 1. The number of fused-ring (bicyclic) bond motifs is 1. The lowest BCUT2D eigenvalue weighted by atomic mass is 9.58. The standard InChI is InChI=1S/C19H34N6O.HI/c1-5-19(6-2)14(12-15(19)26-7-3)22-18(20-4)21-13-17-24-23-16-10-8-9-11-25(16)17;/h14-15H,5-13H2,1-4H3,(H2,20,21,22);1H. The van der Waals surface area contributed by atoms with E-state index in [0.717, 1.165) is 56.4 Å². The third-order valence-corrected chi connectivity index (χ3v) is 6.35. The van der Waals surface area contributed by atoms with Gasteiger partial charge in [0.2, 0.25) is 0 Å². The summed E-state index contributed by atoms with van der Waals surface area (Å²) in [6.45, 7) is 9.07. The van der Waals surface area contributed by atoms with Gasteiger partial charge in [-0.15, -0.1) is 34.2 Å². The van der Waals surface area contributed by atoms with E-state index in [2.05, 4.69) is 51.2 Å². The third-order valence-electron chi connectivity index (χ3n) is 6.35. The molecular weight excluding hydrogens is 455 g/mol. The fourth-order valence-corrected chi connectivity index (χ4v) is 4.61. The van der Waals surface area contributed by atoms with Crippen LogP contribution < -0.4 is 10.6 Å². The van der Waals surface area contributed by atoms with Crippen molar-refractivity contribution in [3.05, 3.63) is 11.6 Å². The van der Waals surface area contributed by atoms with Gasteiger partial charge >= 0.3 is 0 Å². The van der Waals surface area contributed by atoms with Crippen molar-refractivity contribution >= 4 is 29.9 Å². The van der Waals surface area contributed by atoms with Crippen LogP contribution in [0.2, 0.25) is 0 Å². The van der Waals surface area contributed by atoms with Gasteiger partial charge in [-0.3, -0.25) is 4.99 Å². The number of ether oxygens (including phenoxy) is 1. The van der Waals surface area contributed by atoms with Crippen LogP contribution in [0.3, 0.4) is 0 Å². The number of aliphatic imine (C=N–C) groups is 1. The Morgan fingerprint density at radius 3 is 2.70 bits per heavy atom. The Kier molecular flexibility index (Phi) is 8.33. The van der Waals surface area contributed by atoms with E-state index < -0.39 is 0 Å². The lowest BCUT2D eigenvalue weighted by Crippen LogP contribution is -2.65. The molecule has 27 heavy (non-hydrogen) atoms. The first kappa shape index (κ1) is 22.4. The van der Waals surface area contributed by atoms with Crippen molar-refractivity contribution in [2.24, 2.45) is 10.4 Å². The third kappa shape index (κ3) is 4.41. The number of hydrogen-bond acceptors (Lipinski definition) is 4. The summed E-state index contributed by atoms with van der Waals surface area (Å²) >= 11 is 0. The number of nitrogens with one attached hydrogen (secondary N) is 2. The molecule has 0 bridgehead atoms. The number of guanidine groups is 1. The monoisotopic (exact) mass is 490 g/mol. The summed E-state index contributed by atoms with van der Waals surface area (Å²) in [5.41, 5.74) is 0.196. The smallest absolute Gasteiger partial charge is 0.191 e. The summed E-state index contributed by atoms with van der Waals surface area (Å²) in [4.78, 5) is 4.42. The average Bonchev–Trinajstić information content (AvgIpc) is 3.08. The molecule has 154 valence electrons. The van der Waals surface area contributed by atoms with Crippen molar-refractivity contribution in [1.82, 2.24) is 25.4 Å². The highest BCUT2D eigenvalue weighted by Crippen LogP contribution is 2.48. The molecule has 1 aromatic rings. The highest BCUT2D eigenvalue weighted by molar-refractivity contribution is 14.0. The Bertz CT molecular complexity index is 628. The normalized spacial score (nSPS) is 23.8. The Balaban J connectivity index is 0.00000261. The van der Waals surface area contributed by atoms with Gasteiger partial charge in [0, 0.05) is 38.1 Å². The summed E-state index contributed by atoms with van der Waals surface area (Å²) in [7, 11) is 1.83. The van der Waals surface area contributed by atoms with Crippen molar-refractivity contribution in [1.29, 1.82) is 0 Å². The first-order valence-corrected chi connectivity index (χ1v) is 10.2. The molecule has 1 aliphatic carbocycles. The number of nitrogens with zero attached hydrogens (tertiary/aromatic N) is 4. The minimum atomic E-state index is 0. The Labute approximate surface area is 180 Å². The zero-order chi connectivity index (χ0) is 18.6. The first-order valence-electron chi connectivity index (χ1n) is 10.2. The van der Waals surface area contributed by atoms with Gasteiger partial charge in [-0.1, -0.05) is 13.8 Å². The van der Waals surface area contributed by atoms with Crippen molar-refractivity contribution in [2.75, 3.05) is 13.7 Å². The Morgan fingerprint density at radius 2 is 2.04 bits per heavy atom. The molecule has 1 aliphatic heterocycles. The van der Waals surface area contributed by atoms with Crippen LogP contribution in [0.4, 0.5) is 0 Å². The van der Waals surface area contributed by atoms with Gasteiger partial charge < -0.3 is 19.9 Å². The summed E-state index contributed by atoms with van der Waals surface area (Å²) in [6, 6.07) is 0.396. The van der Waals surface area contributed by atoms with Crippen LogP contribution in [0.15, 0.2) is 4.99 Å². The van der Waals surface area contributed by atoms with Gasteiger partial charge in [-0.05, 0) is 39.0 Å². The molecule has 2 N–H and O–H groups in total. The van der Waals surface area contributed by atoms with Gasteiger partial charge in [0.25, 0.3) is 0 Å². The van der Waals surface area contributed by atoms with Crippen LogP contribution >= 0.6 is 24.0 Å². The minimum Gasteiger partial charge on any atom is -0.378 e. The number of aromatic nitrogens is 3.